The number of anilines is 1. The first kappa shape index (κ1) is 12.7. The van der Waals surface area contributed by atoms with Crippen LogP contribution < -0.4 is 5.32 Å². The lowest BCUT2D eigenvalue weighted by atomic mass is 10.2. The van der Waals surface area contributed by atoms with Crippen molar-refractivity contribution in [3.8, 4) is 0 Å². The van der Waals surface area contributed by atoms with Gasteiger partial charge < -0.3 is 14.8 Å². The van der Waals surface area contributed by atoms with Crippen LogP contribution in [0.25, 0.3) is 0 Å². The van der Waals surface area contributed by atoms with E-state index in [1.54, 1.807) is 11.8 Å². The molecule has 1 aromatic carbocycles. The van der Waals surface area contributed by atoms with E-state index >= 15 is 0 Å². The summed E-state index contributed by atoms with van der Waals surface area (Å²) in [5.41, 5.74) is 1.11. The second kappa shape index (κ2) is 5.29. The molecule has 0 radical (unpaired) electrons. The van der Waals surface area contributed by atoms with Crippen molar-refractivity contribution in [1.29, 1.82) is 0 Å². The molecule has 0 atom stereocenters. The molecular weight excluding hydrogens is 234 g/mol. The summed E-state index contributed by atoms with van der Waals surface area (Å²) in [7, 11) is 0. The minimum absolute atomic E-state index is 0.225. The Labute approximate surface area is 107 Å². The van der Waals surface area contributed by atoms with Gasteiger partial charge in [0.15, 0.2) is 5.79 Å². The van der Waals surface area contributed by atoms with Crippen LogP contribution in [-0.2, 0) is 9.47 Å². The Balaban J connectivity index is 1.89. The van der Waals surface area contributed by atoms with E-state index in [9.17, 15) is 0 Å². The minimum Gasteiger partial charge on any atom is -0.378 e. The zero-order valence-corrected chi connectivity index (χ0v) is 11.3. The molecule has 1 saturated heterocycles. The number of thioether (sulfide) groups is 1. The molecule has 4 heteroatoms. The summed E-state index contributed by atoms with van der Waals surface area (Å²) in [6.45, 7) is 5.24. The van der Waals surface area contributed by atoms with E-state index in [2.05, 4.69) is 35.8 Å². The van der Waals surface area contributed by atoms with Gasteiger partial charge in [0.05, 0.1) is 19.3 Å². The van der Waals surface area contributed by atoms with Gasteiger partial charge >= 0.3 is 0 Å². The van der Waals surface area contributed by atoms with Crippen LogP contribution in [0.2, 0.25) is 0 Å². The van der Waals surface area contributed by atoms with Gasteiger partial charge in [0, 0.05) is 10.6 Å². The second-order valence-corrected chi connectivity index (χ2v) is 5.47. The molecule has 0 spiro atoms. The Morgan fingerprint density at radius 2 is 1.76 bits per heavy atom. The number of nitrogens with one attached hydrogen (secondary N) is 1. The molecule has 1 aliphatic heterocycles. The third kappa shape index (κ3) is 3.63. The van der Waals surface area contributed by atoms with Crippen molar-refractivity contribution in [3.63, 3.8) is 0 Å². The summed E-state index contributed by atoms with van der Waals surface area (Å²) in [4.78, 5) is 1.27. The molecule has 1 fully saturated rings. The maximum Gasteiger partial charge on any atom is 0.162 e. The Hall–Kier alpha value is -0.710. The van der Waals surface area contributed by atoms with E-state index in [1.165, 1.54) is 4.90 Å². The monoisotopic (exact) mass is 253 g/mol. The number of benzene rings is 1. The molecule has 17 heavy (non-hydrogen) atoms. The highest BCUT2D eigenvalue weighted by Crippen LogP contribution is 2.21. The maximum atomic E-state index is 5.61. The Morgan fingerprint density at radius 1 is 1.18 bits per heavy atom. The van der Waals surface area contributed by atoms with Crippen LogP contribution in [0.1, 0.15) is 13.8 Å². The van der Waals surface area contributed by atoms with Crippen LogP contribution in [0.5, 0.6) is 0 Å². The van der Waals surface area contributed by atoms with Gasteiger partial charge in [-0.3, -0.25) is 0 Å². The van der Waals surface area contributed by atoms with Gasteiger partial charge in [-0.05, 0) is 44.4 Å². The Morgan fingerprint density at radius 3 is 2.29 bits per heavy atom. The van der Waals surface area contributed by atoms with Crippen LogP contribution in [0.3, 0.4) is 0 Å². The standard InChI is InChI=1S/C13H19NO2S/c1-13(2)15-8-11(9-16-13)14-10-4-6-12(17-3)7-5-10/h4-7,11,14H,8-9H2,1-3H3. The first-order valence-corrected chi connectivity index (χ1v) is 7.00. The second-order valence-electron chi connectivity index (χ2n) is 4.59. The molecule has 2 rings (SSSR count). The molecular formula is C13H19NO2S. The summed E-state index contributed by atoms with van der Waals surface area (Å²) in [6.07, 6.45) is 2.08. The summed E-state index contributed by atoms with van der Waals surface area (Å²) < 4.78 is 11.2. The largest absolute Gasteiger partial charge is 0.378 e. The van der Waals surface area contributed by atoms with Crippen LogP contribution in [-0.4, -0.2) is 31.3 Å². The van der Waals surface area contributed by atoms with Crippen LogP contribution in [0, 0.1) is 0 Å². The highest BCUT2D eigenvalue weighted by molar-refractivity contribution is 7.98. The lowest BCUT2D eigenvalue weighted by Crippen LogP contribution is -2.45. The molecule has 1 aliphatic rings. The lowest BCUT2D eigenvalue weighted by molar-refractivity contribution is -0.247. The molecule has 0 amide bonds. The normalized spacial score (nSPS) is 20.2. The fourth-order valence-electron chi connectivity index (χ4n) is 1.70. The van der Waals surface area contributed by atoms with Gasteiger partial charge in [0.1, 0.15) is 0 Å². The smallest absolute Gasteiger partial charge is 0.162 e. The van der Waals surface area contributed by atoms with Crippen molar-refractivity contribution < 1.29 is 9.47 Å². The first-order chi connectivity index (χ1) is 8.09. The zero-order valence-electron chi connectivity index (χ0n) is 10.5. The zero-order chi connectivity index (χ0) is 12.3. The quantitative estimate of drug-likeness (QED) is 0.839. The topological polar surface area (TPSA) is 30.5 Å². The van der Waals surface area contributed by atoms with Crippen molar-refractivity contribution in [1.82, 2.24) is 0 Å². The van der Waals surface area contributed by atoms with Crippen molar-refractivity contribution in [2.24, 2.45) is 0 Å². The first-order valence-electron chi connectivity index (χ1n) is 5.77. The molecule has 1 aromatic rings. The molecule has 0 aliphatic carbocycles. The molecule has 0 saturated carbocycles. The fourth-order valence-corrected chi connectivity index (χ4v) is 2.11. The predicted molar refractivity (Wildman–Crippen MR) is 71.6 cm³/mol. The van der Waals surface area contributed by atoms with Crippen LogP contribution in [0.4, 0.5) is 5.69 Å². The van der Waals surface area contributed by atoms with Crippen molar-refractivity contribution in [2.75, 3.05) is 24.8 Å². The maximum absolute atomic E-state index is 5.61. The molecule has 0 bridgehead atoms. The van der Waals surface area contributed by atoms with E-state index in [0.717, 1.165) is 5.69 Å². The molecule has 1 heterocycles. The third-order valence-corrected chi connectivity index (χ3v) is 3.47. The fraction of sp³-hybridized carbons (Fsp3) is 0.538. The van der Waals surface area contributed by atoms with E-state index in [0.29, 0.717) is 13.2 Å². The molecule has 1 N–H and O–H groups in total. The van der Waals surface area contributed by atoms with Crippen LogP contribution in [0.15, 0.2) is 29.2 Å². The molecule has 0 aromatic heterocycles. The average Bonchev–Trinajstić information content (AvgIpc) is 2.33. The van der Waals surface area contributed by atoms with Crippen LogP contribution >= 0.6 is 11.8 Å². The Bertz CT molecular complexity index is 354. The summed E-state index contributed by atoms with van der Waals surface area (Å²) in [6, 6.07) is 8.63. The summed E-state index contributed by atoms with van der Waals surface area (Å²) in [5, 5.41) is 3.41. The highest BCUT2D eigenvalue weighted by atomic mass is 32.2. The number of hydrogen-bond donors (Lipinski definition) is 1. The molecule has 0 unspecified atom stereocenters. The lowest BCUT2D eigenvalue weighted by Gasteiger charge is -2.35. The van der Waals surface area contributed by atoms with E-state index < -0.39 is 5.79 Å². The Kier molecular flexibility index (Phi) is 3.97. The van der Waals surface area contributed by atoms with Gasteiger partial charge in [0.25, 0.3) is 0 Å². The van der Waals surface area contributed by atoms with Gasteiger partial charge in [-0.1, -0.05) is 0 Å². The number of hydrogen-bond acceptors (Lipinski definition) is 4. The number of ether oxygens (including phenoxy) is 2. The SMILES string of the molecule is CSc1ccc(NC2COC(C)(C)OC2)cc1. The minimum atomic E-state index is -0.444. The van der Waals surface area contributed by atoms with Gasteiger partial charge in [0.2, 0.25) is 0 Å². The van der Waals surface area contributed by atoms with Crippen molar-refractivity contribution in [2.45, 2.75) is 30.6 Å². The molecule has 3 nitrogen and oxygen atoms in total. The predicted octanol–water partition coefficient (Wildman–Crippen LogP) is 2.97. The van der Waals surface area contributed by atoms with E-state index in [4.69, 9.17) is 9.47 Å². The summed E-state index contributed by atoms with van der Waals surface area (Å²) in [5.74, 6) is -0.444. The van der Waals surface area contributed by atoms with Crippen molar-refractivity contribution in [3.05, 3.63) is 24.3 Å². The van der Waals surface area contributed by atoms with Gasteiger partial charge in [-0.2, -0.15) is 0 Å². The van der Waals surface area contributed by atoms with Crippen molar-refractivity contribution >= 4 is 17.4 Å². The average molecular weight is 253 g/mol. The highest BCUT2D eigenvalue weighted by Gasteiger charge is 2.27. The van der Waals surface area contributed by atoms with E-state index in [1.807, 2.05) is 13.8 Å². The third-order valence-electron chi connectivity index (χ3n) is 2.73. The molecule has 94 valence electrons. The summed E-state index contributed by atoms with van der Waals surface area (Å²) >= 11 is 1.75. The van der Waals surface area contributed by atoms with E-state index in [-0.39, 0.29) is 6.04 Å². The van der Waals surface area contributed by atoms with Gasteiger partial charge in [-0.15, -0.1) is 11.8 Å². The number of rotatable bonds is 3. The van der Waals surface area contributed by atoms with Gasteiger partial charge in [-0.25, -0.2) is 0 Å².